The molecule has 0 aliphatic heterocycles. The number of imidazole rings is 1. The second-order valence-corrected chi connectivity index (χ2v) is 10.3. The number of aromatic hydroxyl groups is 1. The fraction of sp³-hybridized carbons (Fsp3) is 0.125. The van der Waals surface area contributed by atoms with E-state index in [1.54, 1.807) is 6.07 Å². The molecule has 0 spiro atoms. The second-order valence-electron chi connectivity index (χ2n) is 7.89. The molecule has 1 heterocycles. The van der Waals surface area contributed by atoms with Gasteiger partial charge in [-0.2, -0.15) is 0 Å². The van der Waals surface area contributed by atoms with Crippen molar-refractivity contribution >= 4 is 55.7 Å². The first kappa shape index (κ1) is 25.0. The average molecular weight is 529 g/mol. The van der Waals surface area contributed by atoms with Crippen LogP contribution in [0.4, 0.5) is 11.4 Å². The summed E-state index contributed by atoms with van der Waals surface area (Å²) in [4.78, 5) is 32.1. The van der Waals surface area contributed by atoms with Gasteiger partial charge in [0.15, 0.2) is 15.7 Å². The molecule has 10 nitrogen and oxygen atoms in total. The van der Waals surface area contributed by atoms with Crippen LogP contribution in [0.1, 0.15) is 16.2 Å². The molecule has 1 aromatic heterocycles. The predicted molar refractivity (Wildman–Crippen MR) is 136 cm³/mol. The van der Waals surface area contributed by atoms with E-state index in [0.717, 1.165) is 11.6 Å². The predicted octanol–water partition coefficient (Wildman–Crippen LogP) is 3.90. The number of sulfone groups is 1. The zero-order valence-electron chi connectivity index (χ0n) is 19.1. The van der Waals surface area contributed by atoms with Gasteiger partial charge in [-0.3, -0.25) is 9.59 Å². The summed E-state index contributed by atoms with van der Waals surface area (Å²) in [6, 6.07) is 13.4. The Labute approximate surface area is 211 Å². The van der Waals surface area contributed by atoms with E-state index in [2.05, 4.69) is 20.6 Å². The van der Waals surface area contributed by atoms with Gasteiger partial charge in [-0.15, -0.1) is 0 Å². The minimum absolute atomic E-state index is 0.0227. The topological polar surface area (TPSA) is 150 Å². The van der Waals surface area contributed by atoms with E-state index >= 15 is 0 Å². The first-order valence-electron chi connectivity index (χ1n) is 10.5. The molecule has 4 N–H and O–H groups in total. The number of benzene rings is 3. The summed E-state index contributed by atoms with van der Waals surface area (Å²) in [5.41, 5.74) is 2.24. The quantitative estimate of drug-likeness (QED) is 0.265. The molecule has 0 aliphatic rings. The number of anilines is 2. The van der Waals surface area contributed by atoms with Gasteiger partial charge in [-0.05, 0) is 55.0 Å². The highest BCUT2D eigenvalue weighted by molar-refractivity contribution is 7.92. The van der Waals surface area contributed by atoms with Crippen molar-refractivity contribution in [2.75, 3.05) is 23.5 Å². The third kappa shape index (κ3) is 5.42. The molecular formula is C24H21ClN4O6S. The summed E-state index contributed by atoms with van der Waals surface area (Å²) in [7, 11) is -2.49. The minimum atomic E-state index is -3.94. The van der Waals surface area contributed by atoms with Gasteiger partial charge < -0.3 is 25.5 Å². The van der Waals surface area contributed by atoms with Crippen molar-refractivity contribution in [2.45, 2.75) is 11.8 Å². The number of aryl methyl sites for hydroxylation is 1. The van der Waals surface area contributed by atoms with Gasteiger partial charge in [0, 0.05) is 6.07 Å². The molecule has 3 aromatic carbocycles. The number of ether oxygens (including phenoxy) is 1. The molecule has 0 aliphatic carbocycles. The summed E-state index contributed by atoms with van der Waals surface area (Å²) in [5.74, 6) is -2.21. The number of carbonyl (C=O) groups is 2. The second kappa shape index (κ2) is 9.88. The third-order valence-electron chi connectivity index (χ3n) is 5.20. The van der Waals surface area contributed by atoms with Crippen LogP contribution in [0, 0.1) is 6.92 Å². The Bertz CT molecular complexity index is 1580. The van der Waals surface area contributed by atoms with E-state index in [9.17, 15) is 23.1 Å². The molecule has 0 saturated heterocycles. The van der Waals surface area contributed by atoms with E-state index in [4.69, 9.17) is 16.3 Å². The van der Waals surface area contributed by atoms with Crippen LogP contribution in [-0.2, 0) is 14.6 Å². The molecule has 0 fully saturated rings. The Morgan fingerprint density at radius 3 is 2.47 bits per heavy atom. The van der Waals surface area contributed by atoms with Crippen molar-refractivity contribution < 1.29 is 27.9 Å². The summed E-state index contributed by atoms with van der Waals surface area (Å²) < 4.78 is 30.1. The Morgan fingerprint density at radius 1 is 1.06 bits per heavy atom. The number of rotatable bonds is 7. The number of hydrogen-bond donors (Lipinski definition) is 4. The molecule has 186 valence electrons. The summed E-state index contributed by atoms with van der Waals surface area (Å²) >= 11 is 6.21. The number of nitrogens with one attached hydrogen (secondary N) is 3. The Balaban J connectivity index is 1.46. The maximum Gasteiger partial charge on any atom is 0.291 e. The third-order valence-corrected chi connectivity index (χ3v) is 7.15. The number of carbonyl (C=O) groups excluding carboxylic acids is 2. The highest BCUT2D eigenvalue weighted by Crippen LogP contribution is 2.34. The number of fused-ring (bicyclic) bond motifs is 1. The molecule has 0 unspecified atom stereocenters. The first-order chi connectivity index (χ1) is 17.1. The first-order valence-corrected chi connectivity index (χ1v) is 12.6. The zero-order valence-corrected chi connectivity index (χ0v) is 20.7. The van der Waals surface area contributed by atoms with Gasteiger partial charge in [0.1, 0.15) is 17.3 Å². The van der Waals surface area contributed by atoms with Gasteiger partial charge in [-0.1, -0.05) is 17.7 Å². The molecule has 0 atom stereocenters. The molecule has 36 heavy (non-hydrogen) atoms. The van der Waals surface area contributed by atoms with Crippen LogP contribution in [0.2, 0.25) is 5.02 Å². The van der Waals surface area contributed by atoms with E-state index < -0.39 is 33.2 Å². The molecule has 0 bridgehead atoms. The zero-order chi connectivity index (χ0) is 26.0. The van der Waals surface area contributed by atoms with Crippen LogP contribution < -0.4 is 15.4 Å². The number of phenolic OH excluding ortho intramolecular Hbond substituents is 1. The van der Waals surface area contributed by atoms with Crippen molar-refractivity contribution in [1.82, 2.24) is 9.97 Å². The van der Waals surface area contributed by atoms with Gasteiger partial charge in [-0.25, -0.2) is 13.4 Å². The van der Waals surface area contributed by atoms with Crippen LogP contribution in [0.25, 0.3) is 11.0 Å². The highest BCUT2D eigenvalue weighted by Gasteiger charge is 2.21. The number of hydrogen-bond acceptors (Lipinski definition) is 7. The Kier molecular flexibility index (Phi) is 6.86. The van der Waals surface area contributed by atoms with E-state index in [1.807, 2.05) is 19.1 Å². The molecule has 4 aromatic rings. The average Bonchev–Trinajstić information content (AvgIpc) is 3.25. The van der Waals surface area contributed by atoms with Gasteiger partial charge in [0.25, 0.3) is 5.91 Å². The highest BCUT2D eigenvalue weighted by atomic mass is 35.5. The molecule has 2 amide bonds. The monoisotopic (exact) mass is 528 g/mol. The van der Waals surface area contributed by atoms with Crippen LogP contribution >= 0.6 is 11.6 Å². The Hall–Kier alpha value is -4.09. The molecule has 4 rings (SSSR count). The molecule has 0 saturated carbocycles. The lowest BCUT2D eigenvalue weighted by molar-refractivity contribution is -0.113. The van der Waals surface area contributed by atoms with Crippen molar-refractivity contribution in [1.29, 1.82) is 0 Å². The largest absolute Gasteiger partial charge is 0.506 e. The lowest BCUT2D eigenvalue weighted by atomic mass is 10.2. The van der Waals surface area contributed by atoms with Crippen molar-refractivity contribution in [2.24, 2.45) is 0 Å². The van der Waals surface area contributed by atoms with Crippen LogP contribution in [0.3, 0.4) is 0 Å². The van der Waals surface area contributed by atoms with E-state index in [-0.39, 0.29) is 27.1 Å². The standard InChI is InChI=1S/C24H21ClN4O6S/c1-13-3-8-17-19(9-13)28-23(27-17)24(32)29-20-10-16(25)18(11-21(20)30)26-22(31)12-36(33,34)15-6-4-14(35-2)5-7-15/h3-11,30H,12H2,1-2H3,(H,26,31)(H,27,28)(H,29,32). The summed E-state index contributed by atoms with van der Waals surface area (Å²) in [6.45, 7) is 1.91. The fourth-order valence-corrected chi connectivity index (χ4v) is 4.74. The van der Waals surface area contributed by atoms with E-state index in [1.165, 1.54) is 37.4 Å². The number of methoxy groups -OCH3 is 1. The maximum atomic E-state index is 12.6. The van der Waals surface area contributed by atoms with Gasteiger partial charge in [0.05, 0.1) is 39.4 Å². The Morgan fingerprint density at radius 2 is 1.78 bits per heavy atom. The number of H-pyrrole nitrogens is 1. The molecular weight excluding hydrogens is 508 g/mol. The number of phenols is 1. The number of amides is 2. The smallest absolute Gasteiger partial charge is 0.291 e. The lowest BCUT2D eigenvalue weighted by Gasteiger charge is -2.12. The SMILES string of the molecule is COc1ccc(S(=O)(=O)CC(=O)Nc2cc(O)c(NC(=O)c3nc4ccc(C)cc4[nH]3)cc2Cl)cc1. The van der Waals surface area contributed by atoms with Crippen molar-refractivity contribution in [3.05, 3.63) is 71.0 Å². The maximum absolute atomic E-state index is 12.6. The number of aromatic nitrogens is 2. The summed E-state index contributed by atoms with van der Waals surface area (Å²) in [6.07, 6.45) is 0. The van der Waals surface area contributed by atoms with Crippen LogP contribution in [0.5, 0.6) is 11.5 Å². The van der Waals surface area contributed by atoms with Crippen LogP contribution in [0.15, 0.2) is 59.5 Å². The summed E-state index contributed by atoms with van der Waals surface area (Å²) in [5, 5.41) is 15.2. The lowest BCUT2D eigenvalue weighted by Crippen LogP contribution is -2.23. The normalized spacial score (nSPS) is 11.3. The number of aromatic amines is 1. The van der Waals surface area contributed by atoms with Crippen molar-refractivity contribution in [3.63, 3.8) is 0 Å². The van der Waals surface area contributed by atoms with Crippen molar-refractivity contribution in [3.8, 4) is 11.5 Å². The molecule has 0 radical (unpaired) electrons. The number of halogens is 1. The van der Waals surface area contributed by atoms with Crippen LogP contribution in [-0.4, -0.2) is 48.2 Å². The van der Waals surface area contributed by atoms with E-state index in [0.29, 0.717) is 16.8 Å². The van der Waals surface area contributed by atoms with Gasteiger partial charge >= 0.3 is 0 Å². The minimum Gasteiger partial charge on any atom is -0.506 e. The number of nitrogens with zero attached hydrogens (tertiary/aromatic N) is 1. The van der Waals surface area contributed by atoms with Gasteiger partial charge in [0.2, 0.25) is 5.91 Å². The molecule has 12 heteroatoms. The fourth-order valence-electron chi connectivity index (χ4n) is 3.40.